The van der Waals surface area contributed by atoms with Crippen LogP contribution >= 0.6 is 0 Å². The normalized spacial score (nSPS) is 18.0. The standard InChI is InChI=1S/C18H14N2O5/c21-16-9-25-15-6-5-10(7-13(15)19-16)17(22)20-8-12(18(23)24)11-3-1-2-4-14(11)20/h1-7,12H,8-9H2,(H,19,21)(H,23,24). The van der Waals surface area contributed by atoms with Crippen molar-refractivity contribution in [1.29, 1.82) is 0 Å². The molecule has 0 fully saturated rings. The van der Waals surface area contributed by atoms with E-state index in [4.69, 9.17) is 4.74 Å². The molecule has 2 amide bonds. The van der Waals surface area contributed by atoms with Crippen molar-refractivity contribution in [3.63, 3.8) is 0 Å². The second-order valence-corrected chi connectivity index (χ2v) is 5.91. The Hall–Kier alpha value is -3.35. The first-order chi connectivity index (χ1) is 12.0. The summed E-state index contributed by atoms with van der Waals surface area (Å²) in [5.74, 6) is -1.82. The number of hydrogen-bond acceptors (Lipinski definition) is 4. The van der Waals surface area contributed by atoms with E-state index in [-0.39, 0.29) is 25.0 Å². The quantitative estimate of drug-likeness (QED) is 0.871. The number of fused-ring (bicyclic) bond motifs is 2. The van der Waals surface area contributed by atoms with E-state index in [1.807, 2.05) is 0 Å². The maximum absolute atomic E-state index is 12.9. The number of aliphatic carboxylic acids is 1. The number of para-hydroxylation sites is 1. The lowest BCUT2D eigenvalue weighted by Gasteiger charge is -2.21. The van der Waals surface area contributed by atoms with Crippen molar-refractivity contribution in [2.24, 2.45) is 0 Å². The second kappa shape index (κ2) is 5.62. The van der Waals surface area contributed by atoms with Gasteiger partial charge in [-0.3, -0.25) is 14.4 Å². The van der Waals surface area contributed by atoms with E-state index in [0.29, 0.717) is 28.3 Å². The molecule has 0 saturated carbocycles. The Morgan fingerprint density at radius 3 is 2.80 bits per heavy atom. The van der Waals surface area contributed by atoms with Gasteiger partial charge in [-0.1, -0.05) is 18.2 Å². The maximum atomic E-state index is 12.9. The number of carboxylic acids is 1. The van der Waals surface area contributed by atoms with Gasteiger partial charge in [0.15, 0.2) is 6.61 Å². The average molecular weight is 338 g/mol. The Morgan fingerprint density at radius 2 is 2.00 bits per heavy atom. The summed E-state index contributed by atoms with van der Waals surface area (Å²) in [7, 11) is 0. The van der Waals surface area contributed by atoms with Crippen LogP contribution < -0.4 is 15.0 Å². The number of carboxylic acid groups (broad SMARTS) is 1. The third-order valence-corrected chi connectivity index (χ3v) is 4.37. The van der Waals surface area contributed by atoms with E-state index in [0.717, 1.165) is 0 Å². The lowest BCUT2D eigenvalue weighted by atomic mass is 10.0. The lowest BCUT2D eigenvalue weighted by molar-refractivity contribution is -0.138. The molecule has 1 atom stereocenters. The number of carbonyl (C=O) groups excluding carboxylic acids is 2. The van der Waals surface area contributed by atoms with Crippen LogP contribution in [0, 0.1) is 0 Å². The zero-order valence-electron chi connectivity index (χ0n) is 13.1. The molecule has 0 saturated heterocycles. The highest BCUT2D eigenvalue weighted by Crippen LogP contribution is 2.38. The molecule has 0 aromatic heterocycles. The van der Waals surface area contributed by atoms with Gasteiger partial charge < -0.3 is 20.1 Å². The molecular formula is C18H14N2O5. The van der Waals surface area contributed by atoms with Gasteiger partial charge in [0.25, 0.3) is 11.8 Å². The SMILES string of the molecule is O=C1COc2ccc(C(=O)N3CC(C(=O)O)c4ccccc43)cc2N1. The van der Waals surface area contributed by atoms with Crippen LogP contribution in [0.15, 0.2) is 42.5 Å². The first-order valence-corrected chi connectivity index (χ1v) is 7.75. The molecule has 7 heteroatoms. The number of carbonyl (C=O) groups is 3. The van der Waals surface area contributed by atoms with E-state index in [1.165, 1.54) is 4.90 Å². The van der Waals surface area contributed by atoms with Gasteiger partial charge >= 0.3 is 5.97 Å². The highest BCUT2D eigenvalue weighted by Gasteiger charge is 2.36. The fourth-order valence-corrected chi connectivity index (χ4v) is 3.18. The van der Waals surface area contributed by atoms with Crippen molar-refractivity contribution in [1.82, 2.24) is 0 Å². The molecule has 2 heterocycles. The number of rotatable bonds is 2. The fourth-order valence-electron chi connectivity index (χ4n) is 3.18. The van der Waals surface area contributed by atoms with Gasteiger partial charge in [-0.05, 0) is 29.8 Å². The van der Waals surface area contributed by atoms with Gasteiger partial charge in [-0.15, -0.1) is 0 Å². The van der Waals surface area contributed by atoms with Gasteiger partial charge in [0.05, 0.1) is 5.69 Å². The molecule has 126 valence electrons. The number of nitrogens with zero attached hydrogens (tertiary/aromatic N) is 1. The molecule has 0 aliphatic carbocycles. The van der Waals surface area contributed by atoms with Crippen molar-refractivity contribution < 1.29 is 24.2 Å². The van der Waals surface area contributed by atoms with Crippen molar-refractivity contribution in [2.45, 2.75) is 5.92 Å². The Labute approximate surface area is 142 Å². The van der Waals surface area contributed by atoms with Crippen LogP contribution in [0.4, 0.5) is 11.4 Å². The van der Waals surface area contributed by atoms with Crippen molar-refractivity contribution in [3.8, 4) is 5.75 Å². The second-order valence-electron chi connectivity index (χ2n) is 5.91. The molecule has 2 aromatic carbocycles. The van der Waals surface area contributed by atoms with E-state index in [2.05, 4.69) is 5.32 Å². The molecule has 2 aromatic rings. The molecule has 2 aliphatic rings. The van der Waals surface area contributed by atoms with Crippen molar-refractivity contribution >= 4 is 29.2 Å². The van der Waals surface area contributed by atoms with Gasteiger partial charge in [-0.25, -0.2) is 0 Å². The average Bonchev–Trinajstić information content (AvgIpc) is 3.00. The monoisotopic (exact) mass is 338 g/mol. The zero-order valence-corrected chi connectivity index (χ0v) is 13.1. The number of hydrogen-bond donors (Lipinski definition) is 2. The summed E-state index contributed by atoms with van der Waals surface area (Å²) in [6.45, 7) is 0.0214. The van der Waals surface area contributed by atoms with E-state index in [9.17, 15) is 19.5 Å². The Bertz CT molecular complexity index is 908. The Balaban J connectivity index is 1.69. The maximum Gasteiger partial charge on any atom is 0.312 e. The van der Waals surface area contributed by atoms with Crippen molar-refractivity contribution in [2.75, 3.05) is 23.4 Å². The van der Waals surface area contributed by atoms with Gasteiger partial charge in [0.2, 0.25) is 0 Å². The first kappa shape index (κ1) is 15.2. The van der Waals surface area contributed by atoms with Crippen LogP contribution in [0.2, 0.25) is 0 Å². The number of nitrogens with one attached hydrogen (secondary N) is 1. The summed E-state index contributed by atoms with van der Waals surface area (Å²) in [6.07, 6.45) is 0. The molecule has 1 unspecified atom stereocenters. The highest BCUT2D eigenvalue weighted by atomic mass is 16.5. The topological polar surface area (TPSA) is 95.9 Å². The van der Waals surface area contributed by atoms with Crippen LogP contribution in [0.5, 0.6) is 5.75 Å². The smallest absolute Gasteiger partial charge is 0.312 e. The number of ether oxygens (including phenoxy) is 1. The molecule has 25 heavy (non-hydrogen) atoms. The summed E-state index contributed by atoms with van der Waals surface area (Å²) >= 11 is 0. The summed E-state index contributed by atoms with van der Waals surface area (Å²) in [5, 5.41) is 12.1. The summed E-state index contributed by atoms with van der Waals surface area (Å²) in [5.41, 5.74) is 2.01. The molecule has 2 aliphatic heterocycles. The molecule has 2 N–H and O–H groups in total. The third kappa shape index (κ3) is 2.50. The molecule has 4 rings (SSSR count). The molecule has 7 nitrogen and oxygen atoms in total. The minimum absolute atomic E-state index is 0.0555. The van der Waals surface area contributed by atoms with Crippen LogP contribution in [-0.4, -0.2) is 36.0 Å². The van der Waals surface area contributed by atoms with Gasteiger partial charge in [0.1, 0.15) is 11.7 Å². The summed E-state index contributed by atoms with van der Waals surface area (Å²) in [4.78, 5) is 37.3. The van der Waals surface area contributed by atoms with E-state index < -0.39 is 11.9 Å². The molecule has 0 spiro atoms. The van der Waals surface area contributed by atoms with Crippen LogP contribution in [0.25, 0.3) is 0 Å². The van der Waals surface area contributed by atoms with Crippen molar-refractivity contribution in [3.05, 3.63) is 53.6 Å². The predicted octanol–water partition coefficient (Wildman–Crippen LogP) is 1.85. The number of benzene rings is 2. The van der Waals surface area contributed by atoms with Gasteiger partial charge in [0, 0.05) is 17.8 Å². The first-order valence-electron chi connectivity index (χ1n) is 7.75. The Kier molecular flexibility index (Phi) is 3.42. The molecule has 0 radical (unpaired) electrons. The summed E-state index contributed by atoms with van der Waals surface area (Å²) < 4.78 is 5.29. The Morgan fingerprint density at radius 1 is 1.20 bits per heavy atom. The minimum atomic E-state index is -0.964. The van der Waals surface area contributed by atoms with Gasteiger partial charge in [-0.2, -0.15) is 0 Å². The molecular weight excluding hydrogens is 324 g/mol. The number of amides is 2. The largest absolute Gasteiger partial charge is 0.482 e. The molecule has 0 bridgehead atoms. The minimum Gasteiger partial charge on any atom is -0.482 e. The zero-order chi connectivity index (χ0) is 17.6. The summed E-state index contributed by atoms with van der Waals surface area (Å²) in [6, 6.07) is 11.8. The van der Waals surface area contributed by atoms with Crippen LogP contribution in [0.1, 0.15) is 21.8 Å². The predicted molar refractivity (Wildman–Crippen MR) is 89.1 cm³/mol. The number of anilines is 2. The van der Waals surface area contributed by atoms with Crippen LogP contribution in [0.3, 0.4) is 0 Å². The van der Waals surface area contributed by atoms with E-state index >= 15 is 0 Å². The van der Waals surface area contributed by atoms with E-state index in [1.54, 1.807) is 42.5 Å². The van der Waals surface area contributed by atoms with Crippen LogP contribution in [-0.2, 0) is 9.59 Å². The fraction of sp³-hybridized carbons (Fsp3) is 0.167. The lowest BCUT2D eigenvalue weighted by Crippen LogP contribution is -2.31. The highest BCUT2D eigenvalue weighted by molar-refractivity contribution is 6.10. The third-order valence-electron chi connectivity index (χ3n) is 4.37.